The monoisotopic (exact) mass is 348 g/mol. The average Bonchev–Trinajstić information content (AvgIpc) is 2.68. The van der Waals surface area contributed by atoms with E-state index in [-0.39, 0.29) is 12.0 Å². The van der Waals surface area contributed by atoms with E-state index in [2.05, 4.69) is 28.1 Å². The van der Waals surface area contributed by atoms with Gasteiger partial charge in [-0.1, -0.05) is 48.4 Å². The molecule has 2 N–H and O–H groups in total. The number of carbonyl (C=O) groups excluding carboxylic acids is 1. The Morgan fingerprint density at radius 2 is 1.69 bits per heavy atom. The molecule has 0 saturated carbocycles. The highest BCUT2D eigenvalue weighted by Gasteiger charge is 2.17. The van der Waals surface area contributed by atoms with Gasteiger partial charge in [0.25, 0.3) is 5.91 Å². The van der Waals surface area contributed by atoms with Crippen LogP contribution in [-0.4, -0.2) is 35.1 Å². The number of rotatable bonds is 4. The molecule has 1 fully saturated rings. The number of nitrogens with zero attached hydrogens (tertiary/aromatic N) is 1. The Morgan fingerprint density at radius 3 is 2.42 bits per heavy atom. The third-order valence-electron chi connectivity index (χ3n) is 4.60. The van der Waals surface area contributed by atoms with E-state index in [1.165, 1.54) is 5.56 Å². The van der Waals surface area contributed by atoms with Gasteiger partial charge in [0.1, 0.15) is 0 Å². The zero-order chi connectivity index (χ0) is 18.2. The van der Waals surface area contributed by atoms with Crippen molar-refractivity contribution in [2.24, 2.45) is 0 Å². The zero-order valence-corrected chi connectivity index (χ0v) is 14.8. The van der Waals surface area contributed by atoms with Gasteiger partial charge in [-0.05, 0) is 36.1 Å². The molecule has 0 radical (unpaired) electrons. The molecule has 26 heavy (non-hydrogen) atoms. The van der Waals surface area contributed by atoms with Crippen LogP contribution in [0.15, 0.2) is 54.6 Å². The summed E-state index contributed by atoms with van der Waals surface area (Å²) in [6.45, 7) is 3.12. The fraction of sp³-hybridized carbons (Fsp3) is 0.318. The molecule has 1 heterocycles. The van der Waals surface area contributed by atoms with E-state index in [9.17, 15) is 9.90 Å². The lowest BCUT2D eigenvalue weighted by Gasteiger charge is -2.30. The van der Waals surface area contributed by atoms with Crippen LogP contribution in [0.2, 0.25) is 0 Å². The molecule has 0 spiro atoms. The SMILES string of the molecule is O=C(C#Cc1ccccc1)NCc1ccccc1CN1CCC(O)CC1. The van der Waals surface area contributed by atoms with Crippen molar-refractivity contribution in [1.29, 1.82) is 0 Å². The third kappa shape index (κ3) is 5.45. The number of nitrogens with one attached hydrogen (secondary N) is 1. The maximum atomic E-state index is 12.0. The minimum Gasteiger partial charge on any atom is -0.393 e. The van der Waals surface area contributed by atoms with Crippen LogP contribution in [0.5, 0.6) is 0 Å². The molecule has 0 unspecified atom stereocenters. The topological polar surface area (TPSA) is 52.6 Å². The highest BCUT2D eigenvalue weighted by molar-refractivity contribution is 5.94. The highest BCUT2D eigenvalue weighted by atomic mass is 16.3. The Hall–Kier alpha value is -2.61. The number of piperidine rings is 1. The van der Waals surface area contributed by atoms with Crippen LogP contribution < -0.4 is 5.32 Å². The maximum absolute atomic E-state index is 12.0. The first-order valence-electron chi connectivity index (χ1n) is 9.03. The summed E-state index contributed by atoms with van der Waals surface area (Å²) in [5.41, 5.74) is 3.14. The second kappa shape index (κ2) is 9.19. The first-order valence-corrected chi connectivity index (χ1v) is 9.03. The second-order valence-electron chi connectivity index (χ2n) is 6.57. The molecule has 134 valence electrons. The number of hydrogen-bond donors (Lipinski definition) is 2. The van der Waals surface area contributed by atoms with Crippen LogP contribution in [0.25, 0.3) is 0 Å². The normalized spacial score (nSPS) is 15.1. The molecule has 0 aromatic heterocycles. The largest absolute Gasteiger partial charge is 0.393 e. The van der Waals surface area contributed by atoms with Crippen LogP contribution in [-0.2, 0) is 17.9 Å². The molecule has 1 aliphatic heterocycles. The maximum Gasteiger partial charge on any atom is 0.296 e. The van der Waals surface area contributed by atoms with Gasteiger partial charge in [0, 0.05) is 37.7 Å². The zero-order valence-electron chi connectivity index (χ0n) is 14.8. The summed E-state index contributed by atoms with van der Waals surface area (Å²) >= 11 is 0. The van der Waals surface area contributed by atoms with E-state index in [0.29, 0.717) is 6.54 Å². The molecule has 1 amide bonds. The van der Waals surface area contributed by atoms with E-state index < -0.39 is 0 Å². The lowest BCUT2D eigenvalue weighted by atomic mass is 10.0. The van der Waals surface area contributed by atoms with Gasteiger partial charge in [-0.25, -0.2) is 0 Å². The van der Waals surface area contributed by atoms with Crippen molar-refractivity contribution in [3.05, 3.63) is 71.3 Å². The Kier molecular flexibility index (Phi) is 6.43. The van der Waals surface area contributed by atoms with Gasteiger partial charge in [0.05, 0.1) is 6.10 Å². The van der Waals surface area contributed by atoms with E-state index >= 15 is 0 Å². The molecule has 4 nitrogen and oxygen atoms in total. The van der Waals surface area contributed by atoms with Crippen molar-refractivity contribution in [3.63, 3.8) is 0 Å². The molecule has 2 aromatic carbocycles. The number of benzene rings is 2. The lowest BCUT2D eigenvalue weighted by molar-refractivity contribution is -0.115. The standard InChI is InChI=1S/C22H24N2O2/c25-21-12-14-24(15-13-21)17-20-9-5-4-8-19(20)16-23-22(26)11-10-18-6-2-1-3-7-18/h1-9,21,25H,12-17H2,(H,23,26). The van der Waals surface area contributed by atoms with Gasteiger partial charge >= 0.3 is 0 Å². The molecule has 3 rings (SSSR count). The Bertz CT molecular complexity index is 785. The number of carbonyl (C=O) groups is 1. The van der Waals surface area contributed by atoms with Crippen molar-refractivity contribution in [3.8, 4) is 11.8 Å². The first kappa shape index (κ1) is 18.2. The summed E-state index contributed by atoms with van der Waals surface area (Å²) in [5, 5.41) is 12.5. The minimum absolute atomic E-state index is 0.163. The Balaban J connectivity index is 1.56. The Labute approximate surface area is 154 Å². The van der Waals surface area contributed by atoms with Crippen molar-refractivity contribution >= 4 is 5.91 Å². The molecule has 0 bridgehead atoms. The van der Waals surface area contributed by atoms with Crippen LogP contribution in [0, 0.1) is 11.8 Å². The molecular weight excluding hydrogens is 324 g/mol. The van der Waals surface area contributed by atoms with E-state index in [1.54, 1.807) is 0 Å². The molecular formula is C22H24N2O2. The summed E-state index contributed by atoms with van der Waals surface area (Å²) in [6, 6.07) is 17.6. The summed E-state index contributed by atoms with van der Waals surface area (Å²) in [7, 11) is 0. The first-order chi connectivity index (χ1) is 12.7. The van der Waals surface area contributed by atoms with Crippen molar-refractivity contribution in [2.45, 2.75) is 32.0 Å². The van der Waals surface area contributed by atoms with Gasteiger partial charge in [0.2, 0.25) is 0 Å². The number of hydrogen-bond acceptors (Lipinski definition) is 3. The predicted octanol–water partition coefficient (Wildman–Crippen LogP) is 2.31. The molecule has 2 aromatic rings. The van der Waals surface area contributed by atoms with Crippen molar-refractivity contribution < 1.29 is 9.90 Å². The fourth-order valence-electron chi connectivity index (χ4n) is 3.07. The van der Waals surface area contributed by atoms with Crippen molar-refractivity contribution in [2.75, 3.05) is 13.1 Å². The average molecular weight is 348 g/mol. The molecule has 0 atom stereocenters. The van der Waals surface area contributed by atoms with Crippen LogP contribution in [0.3, 0.4) is 0 Å². The second-order valence-corrected chi connectivity index (χ2v) is 6.57. The van der Waals surface area contributed by atoms with Crippen LogP contribution in [0.4, 0.5) is 0 Å². The molecule has 1 saturated heterocycles. The van der Waals surface area contributed by atoms with Gasteiger partial charge in [0.15, 0.2) is 0 Å². The fourth-order valence-corrected chi connectivity index (χ4v) is 3.07. The predicted molar refractivity (Wildman–Crippen MR) is 102 cm³/mol. The lowest BCUT2D eigenvalue weighted by Crippen LogP contribution is -2.35. The van der Waals surface area contributed by atoms with Crippen LogP contribution >= 0.6 is 0 Å². The Morgan fingerprint density at radius 1 is 1.04 bits per heavy atom. The van der Waals surface area contributed by atoms with E-state index in [1.807, 2.05) is 48.5 Å². The molecule has 0 aliphatic carbocycles. The summed E-state index contributed by atoms with van der Waals surface area (Å²) in [5.74, 6) is 5.23. The summed E-state index contributed by atoms with van der Waals surface area (Å²) in [6.07, 6.45) is 1.49. The number of aliphatic hydroxyl groups excluding tert-OH is 1. The van der Waals surface area contributed by atoms with E-state index in [0.717, 1.165) is 43.6 Å². The number of likely N-dealkylation sites (tertiary alicyclic amines) is 1. The highest BCUT2D eigenvalue weighted by Crippen LogP contribution is 2.16. The van der Waals surface area contributed by atoms with Gasteiger partial charge < -0.3 is 10.4 Å². The molecule has 1 aliphatic rings. The smallest absolute Gasteiger partial charge is 0.296 e. The van der Waals surface area contributed by atoms with Gasteiger partial charge in [-0.2, -0.15) is 0 Å². The van der Waals surface area contributed by atoms with Gasteiger partial charge in [-0.15, -0.1) is 0 Å². The number of amides is 1. The third-order valence-corrected chi connectivity index (χ3v) is 4.60. The quantitative estimate of drug-likeness (QED) is 0.834. The minimum atomic E-state index is -0.273. The number of aliphatic hydroxyl groups is 1. The van der Waals surface area contributed by atoms with Crippen molar-refractivity contribution in [1.82, 2.24) is 10.2 Å². The van der Waals surface area contributed by atoms with Gasteiger partial charge in [-0.3, -0.25) is 9.69 Å². The molecule has 4 heteroatoms. The summed E-state index contributed by atoms with van der Waals surface area (Å²) < 4.78 is 0. The van der Waals surface area contributed by atoms with E-state index in [4.69, 9.17) is 0 Å². The summed E-state index contributed by atoms with van der Waals surface area (Å²) in [4.78, 5) is 14.4. The van der Waals surface area contributed by atoms with Crippen LogP contribution in [0.1, 0.15) is 29.5 Å².